The minimum atomic E-state index is -1.02. The van der Waals surface area contributed by atoms with Gasteiger partial charge in [-0.1, -0.05) is 0 Å². The Balaban J connectivity index is 2.15. The molecule has 22 heavy (non-hydrogen) atoms. The van der Waals surface area contributed by atoms with E-state index in [-0.39, 0.29) is 5.56 Å². The van der Waals surface area contributed by atoms with E-state index in [9.17, 15) is 9.90 Å². The molecule has 3 aromatic rings. The molecule has 0 atom stereocenters. The SMILES string of the molecule is COc1ccc(-c2nc3c(C(=O)O)cc(OC)cc3s2)cc1. The molecule has 1 aromatic heterocycles. The predicted molar refractivity (Wildman–Crippen MR) is 85.1 cm³/mol. The van der Waals surface area contributed by atoms with E-state index in [1.54, 1.807) is 13.2 Å². The van der Waals surface area contributed by atoms with Crippen molar-refractivity contribution >= 4 is 27.5 Å². The van der Waals surface area contributed by atoms with Crippen LogP contribution in [0, 0.1) is 0 Å². The summed E-state index contributed by atoms with van der Waals surface area (Å²) < 4.78 is 11.1. The fraction of sp³-hybridized carbons (Fsp3) is 0.125. The molecular weight excluding hydrogens is 302 g/mol. The maximum Gasteiger partial charge on any atom is 0.338 e. The zero-order valence-corrected chi connectivity index (χ0v) is 12.8. The fourth-order valence-electron chi connectivity index (χ4n) is 2.14. The number of thiazole rings is 1. The molecule has 0 aliphatic carbocycles. The quantitative estimate of drug-likeness (QED) is 0.795. The molecule has 1 heterocycles. The summed E-state index contributed by atoms with van der Waals surface area (Å²) in [6.45, 7) is 0. The molecular formula is C16H13NO4S. The summed E-state index contributed by atoms with van der Waals surface area (Å²) in [5, 5.41) is 10.1. The zero-order chi connectivity index (χ0) is 15.7. The number of carbonyl (C=O) groups is 1. The maximum atomic E-state index is 11.4. The molecule has 0 radical (unpaired) electrons. The van der Waals surface area contributed by atoms with E-state index >= 15 is 0 Å². The standard InChI is InChI=1S/C16H13NO4S/c1-20-10-5-3-9(4-6-10)15-17-14-12(16(18)19)7-11(21-2)8-13(14)22-15/h3-8H,1-2H3,(H,18,19). The van der Waals surface area contributed by atoms with E-state index in [1.807, 2.05) is 24.3 Å². The van der Waals surface area contributed by atoms with Crippen molar-refractivity contribution in [2.24, 2.45) is 0 Å². The number of benzene rings is 2. The first kappa shape index (κ1) is 14.3. The molecule has 112 valence electrons. The van der Waals surface area contributed by atoms with E-state index < -0.39 is 5.97 Å². The van der Waals surface area contributed by atoms with Gasteiger partial charge in [0, 0.05) is 5.56 Å². The first-order valence-corrected chi connectivity index (χ1v) is 7.30. The van der Waals surface area contributed by atoms with E-state index in [4.69, 9.17) is 9.47 Å². The van der Waals surface area contributed by atoms with Crippen LogP contribution >= 0.6 is 11.3 Å². The first-order valence-electron chi connectivity index (χ1n) is 6.48. The molecule has 0 saturated carbocycles. The average Bonchev–Trinajstić information content (AvgIpc) is 2.97. The van der Waals surface area contributed by atoms with Crippen molar-refractivity contribution in [3.8, 4) is 22.1 Å². The minimum absolute atomic E-state index is 0.144. The molecule has 0 saturated heterocycles. The summed E-state index contributed by atoms with van der Waals surface area (Å²) >= 11 is 1.43. The molecule has 0 spiro atoms. The number of nitrogens with zero attached hydrogens (tertiary/aromatic N) is 1. The lowest BCUT2D eigenvalue weighted by Gasteiger charge is -2.01. The van der Waals surface area contributed by atoms with Gasteiger partial charge in [0.25, 0.3) is 0 Å². The minimum Gasteiger partial charge on any atom is -0.497 e. The Labute approximate surface area is 130 Å². The van der Waals surface area contributed by atoms with Crippen LogP contribution in [0.15, 0.2) is 36.4 Å². The van der Waals surface area contributed by atoms with Crippen LogP contribution in [0.5, 0.6) is 11.5 Å². The molecule has 0 unspecified atom stereocenters. The van der Waals surface area contributed by atoms with Crippen molar-refractivity contribution in [1.82, 2.24) is 4.98 Å². The lowest BCUT2D eigenvalue weighted by atomic mass is 10.2. The van der Waals surface area contributed by atoms with Crippen LogP contribution in [0.1, 0.15) is 10.4 Å². The van der Waals surface area contributed by atoms with Gasteiger partial charge in [-0.15, -0.1) is 11.3 Å². The molecule has 0 aliphatic rings. The van der Waals surface area contributed by atoms with Gasteiger partial charge in [0.05, 0.1) is 30.0 Å². The third-order valence-corrected chi connectivity index (χ3v) is 4.32. The van der Waals surface area contributed by atoms with Crippen molar-refractivity contribution in [3.63, 3.8) is 0 Å². The second-order valence-electron chi connectivity index (χ2n) is 4.57. The first-order chi connectivity index (χ1) is 10.6. The lowest BCUT2D eigenvalue weighted by molar-refractivity contribution is 0.0698. The number of aromatic carboxylic acids is 1. The predicted octanol–water partition coefficient (Wildman–Crippen LogP) is 3.68. The van der Waals surface area contributed by atoms with Gasteiger partial charge >= 0.3 is 5.97 Å². The van der Waals surface area contributed by atoms with Gasteiger partial charge in [0.1, 0.15) is 16.5 Å². The highest BCUT2D eigenvalue weighted by molar-refractivity contribution is 7.21. The van der Waals surface area contributed by atoms with Crippen LogP contribution in [0.4, 0.5) is 0 Å². The highest BCUT2D eigenvalue weighted by atomic mass is 32.1. The largest absolute Gasteiger partial charge is 0.497 e. The Morgan fingerprint density at radius 3 is 2.36 bits per heavy atom. The number of methoxy groups -OCH3 is 2. The highest BCUT2D eigenvalue weighted by Crippen LogP contribution is 2.35. The third-order valence-electron chi connectivity index (χ3n) is 3.27. The van der Waals surface area contributed by atoms with E-state index in [1.165, 1.54) is 24.5 Å². The number of carboxylic acid groups (broad SMARTS) is 1. The molecule has 2 aromatic carbocycles. The number of fused-ring (bicyclic) bond motifs is 1. The summed E-state index contributed by atoms with van der Waals surface area (Å²) in [5.74, 6) is 0.253. The second-order valence-corrected chi connectivity index (χ2v) is 5.61. The van der Waals surface area contributed by atoms with Crippen molar-refractivity contribution in [1.29, 1.82) is 0 Å². The smallest absolute Gasteiger partial charge is 0.338 e. The number of carboxylic acids is 1. The molecule has 0 fully saturated rings. The van der Waals surface area contributed by atoms with E-state index in [0.29, 0.717) is 11.3 Å². The third kappa shape index (κ3) is 2.48. The van der Waals surface area contributed by atoms with Crippen molar-refractivity contribution in [2.45, 2.75) is 0 Å². The van der Waals surface area contributed by atoms with Crippen molar-refractivity contribution < 1.29 is 19.4 Å². The number of aromatic nitrogens is 1. The normalized spacial score (nSPS) is 10.6. The van der Waals surface area contributed by atoms with Gasteiger partial charge < -0.3 is 14.6 Å². The fourth-order valence-corrected chi connectivity index (χ4v) is 3.17. The Morgan fingerprint density at radius 1 is 1.09 bits per heavy atom. The van der Waals surface area contributed by atoms with Crippen LogP contribution < -0.4 is 9.47 Å². The van der Waals surface area contributed by atoms with Crippen molar-refractivity contribution in [3.05, 3.63) is 42.0 Å². The van der Waals surface area contributed by atoms with Gasteiger partial charge in [-0.2, -0.15) is 0 Å². The van der Waals surface area contributed by atoms with Crippen LogP contribution in [-0.2, 0) is 0 Å². The van der Waals surface area contributed by atoms with Gasteiger partial charge in [-0.25, -0.2) is 9.78 Å². The van der Waals surface area contributed by atoms with E-state index in [2.05, 4.69) is 4.98 Å². The van der Waals surface area contributed by atoms with E-state index in [0.717, 1.165) is 21.0 Å². The Morgan fingerprint density at radius 2 is 1.77 bits per heavy atom. The van der Waals surface area contributed by atoms with Gasteiger partial charge in [0.15, 0.2) is 0 Å². The van der Waals surface area contributed by atoms with Gasteiger partial charge in [0.2, 0.25) is 0 Å². The Kier molecular flexibility index (Phi) is 3.68. The Bertz CT molecular complexity index is 839. The van der Waals surface area contributed by atoms with Crippen molar-refractivity contribution in [2.75, 3.05) is 14.2 Å². The topological polar surface area (TPSA) is 68.7 Å². The number of hydrogen-bond donors (Lipinski definition) is 1. The molecule has 6 heteroatoms. The van der Waals surface area contributed by atoms with Crippen LogP contribution in [-0.4, -0.2) is 30.3 Å². The van der Waals surface area contributed by atoms with Crippen LogP contribution in [0.2, 0.25) is 0 Å². The van der Waals surface area contributed by atoms with Gasteiger partial charge in [-0.3, -0.25) is 0 Å². The molecule has 0 bridgehead atoms. The molecule has 5 nitrogen and oxygen atoms in total. The maximum absolute atomic E-state index is 11.4. The summed E-state index contributed by atoms with van der Waals surface area (Å²) in [4.78, 5) is 15.9. The Hall–Kier alpha value is -2.60. The average molecular weight is 315 g/mol. The molecule has 3 rings (SSSR count). The second kappa shape index (κ2) is 5.65. The number of rotatable bonds is 4. The molecule has 0 amide bonds. The number of ether oxygens (including phenoxy) is 2. The molecule has 1 N–H and O–H groups in total. The van der Waals surface area contributed by atoms with Crippen LogP contribution in [0.25, 0.3) is 20.8 Å². The van der Waals surface area contributed by atoms with Crippen LogP contribution in [0.3, 0.4) is 0 Å². The summed E-state index contributed by atoms with van der Waals surface area (Å²) in [6.07, 6.45) is 0. The number of hydrogen-bond acceptors (Lipinski definition) is 5. The zero-order valence-electron chi connectivity index (χ0n) is 12.0. The highest BCUT2D eigenvalue weighted by Gasteiger charge is 2.16. The summed E-state index contributed by atoms with van der Waals surface area (Å²) in [6, 6.07) is 10.8. The summed E-state index contributed by atoms with van der Waals surface area (Å²) in [7, 11) is 3.12. The van der Waals surface area contributed by atoms with Gasteiger partial charge in [-0.05, 0) is 36.4 Å². The summed E-state index contributed by atoms with van der Waals surface area (Å²) in [5.41, 5.74) is 1.53. The monoisotopic (exact) mass is 315 g/mol. The lowest BCUT2D eigenvalue weighted by Crippen LogP contribution is -1.98. The molecule has 0 aliphatic heterocycles.